The van der Waals surface area contributed by atoms with Crippen molar-refractivity contribution >= 4 is 11.6 Å². The number of aryl methyl sites for hydroxylation is 1. The highest BCUT2D eigenvalue weighted by Crippen LogP contribution is 2.27. The van der Waals surface area contributed by atoms with Crippen molar-refractivity contribution in [3.63, 3.8) is 0 Å². The van der Waals surface area contributed by atoms with Gasteiger partial charge in [0.25, 0.3) is 0 Å². The Hall–Kier alpha value is -1.35. The summed E-state index contributed by atoms with van der Waals surface area (Å²) in [5.41, 5.74) is 1.69. The molecule has 1 heterocycles. The van der Waals surface area contributed by atoms with E-state index in [2.05, 4.69) is 12.2 Å². The lowest BCUT2D eigenvalue weighted by Crippen LogP contribution is -2.65. The summed E-state index contributed by atoms with van der Waals surface area (Å²) in [6.07, 6.45) is 0. The van der Waals surface area contributed by atoms with Gasteiger partial charge in [0.1, 0.15) is 0 Å². The molecule has 1 N–H and O–H groups in total. The van der Waals surface area contributed by atoms with Crippen LogP contribution >= 0.6 is 0 Å². The number of rotatable bonds is 1. The molecule has 1 aromatic carbocycles. The predicted octanol–water partition coefficient (Wildman–Crippen LogP) is 2.10. The van der Waals surface area contributed by atoms with E-state index in [0.29, 0.717) is 0 Å². The van der Waals surface area contributed by atoms with Crippen molar-refractivity contribution in [3.8, 4) is 0 Å². The first kappa shape index (κ1) is 12.1. The zero-order valence-corrected chi connectivity index (χ0v) is 10.9. The smallest absolute Gasteiger partial charge is 0.247 e. The number of nitrogens with one attached hydrogen (secondary N) is 1. The molecular formula is C14H20N2O. The van der Waals surface area contributed by atoms with Crippen LogP contribution in [0, 0.1) is 6.92 Å². The van der Waals surface area contributed by atoms with Crippen LogP contribution in [0.3, 0.4) is 0 Å². The number of nitrogens with zero attached hydrogens (tertiary/aromatic N) is 1. The lowest BCUT2D eigenvalue weighted by molar-refractivity contribution is -0.125. The molecule has 0 saturated carbocycles. The molecule has 0 aliphatic carbocycles. The van der Waals surface area contributed by atoms with Gasteiger partial charge in [-0.1, -0.05) is 18.2 Å². The summed E-state index contributed by atoms with van der Waals surface area (Å²) in [4.78, 5) is 14.4. The average Bonchev–Trinajstić information content (AvgIpc) is 2.27. The van der Waals surface area contributed by atoms with Crippen molar-refractivity contribution < 1.29 is 4.79 Å². The molecule has 0 radical (unpaired) electrons. The monoisotopic (exact) mass is 232 g/mol. The fourth-order valence-corrected chi connectivity index (χ4v) is 2.25. The van der Waals surface area contributed by atoms with Gasteiger partial charge >= 0.3 is 0 Å². The van der Waals surface area contributed by atoms with Crippen molar-refractivity contribution in [3.05, 3.63) is 29.8 Å². The maximum atomic E-state index is 12.5. The molecule has 1 atom stereocenters. The second-order valence-corrected chi connectivity index (χ2v) is 5.32. The molecule has 1 aliphatic rings. The first-order chi connectivity index (χ1) is 7.93. The fourth-order valence-electron chi connectivity index (χ4n) is 2.25. The summed E-state index contributed by atoms with van der Waals surface area (Å²) < 4.78 is 0. The summed E-state index contributed by atoms with van der Waals surface area (Å²) in [5, 5.41) is 3.29. The third-order valence-corrected chi connectivity index (χ3v) is 3.41. The second kappa shape index (κ2) is 4.15. The van der Waals surface area contributed by atoms with Crippen LogP contribution < -0.4 is 10.2 Å². The topological polar surface area (TPSA) is 32.3 Å². The van der Waals surface area contributed by atoms with E-state index in [1.54, 1.807) is 0 Å². The minimum Gasteiger partial charge on any atom is -0.307 e. The van der Waals surface area contributed by atoms with Gasteiger partial charge in [0.2, 0.25) is 5.91 Å². The lowest BCUT2D eigenvalue weighted by Gasteiger charge is -2.43. The van der Waals surface area contributed by atoms with E-state index in [1.807, 2.05) is 49.9 Å². The summed E-state index contributed by atoms with van der Waals surface area (Å²) in [5.74, 6) is 0.144. The Morgan fingerprint density at radius 3 is 2.65 bits per heavy atom. The van der Waals surface area contributed by atoms with E-state index in [9.17, 15) is 4.79 Å². The number of piperazine rings is 1. The third kappa shape index (κ3) is 2.07. The number of carbonyl (C=O) groups excluding carboxylic acids is 1. The fraction of sp³-hybridized carbons (Fsp3) is 0.500. The quantitative estimate of drug-likeness (QED) is 0.804. The first-order valence-corrected chi connectivity index (χ1v) is 6.08. The molecule has 3 nitrogen and oxygen atoms in total. The van der Waals surface area contributed by atoms with Crippen LogP contribution in [-0.4, -0.2) is 24.0 Å². The Morgan fingerprint density at radius 2 is 2.00 bits per heavy atom. The molecule has 92 valence electrons. The molecule has 1 aliphatic heterocycles. The molecule has 2 rings (SSSR count). The maximum absolute atomic E-state index is 12.5. The minimum absolute atomic E-state index is 0.144. The molecule has 1 fully saturated rings. The summed E-state index contributed by atoms with van der Waals surface area (Å²) >= 11 is 0. The number of benzene rings is 1. The normalized spacial score (nSPS) is 23.9. The van der Waals surface area contributed by atoms with Crippen LogP contribution in [-0.2, 0) is 4.79 Å². The zero-order valence-electron chi connectivity index (χ0n) is 10.9. The van der Waals surface area contributed by atoms with Gasteiger partial charge in [0, 0.05) is 18.3 Å². The second-order valence-electron chi connectivity index (χ2n) is 5.32. The number of anilines is 1. The third-order valence-electron chi connectivity index (χ3n) is 3.41. The highest BCUT2D eigenvalue weighted by Gasteiger charge is 2.39. The molecule has 17 heavy (non-hydrogen) atoms. The minimum atomic E-state index is -0.477. The van der Waals surface area contributed by atoms with Crippen LogP contribution in [0.15, 0.2) is 24.3 Å². The largest absolute Gasteiger partial charge is 0.307 e. The van der Waals surface area contributed by atoms with Crippen molar-refractivity contribution in [2.24, 2.45) is 0 Å². The number of carbonyl (C=O) groups is 1. The Bertz CT molecular complexity index is 440. The van der Waals surface area contributed by atoms with Gasteiger partial charge in [0.05, 0.1) is 5.54 Å². The maximum Gasteiger partial charge on any atom is 0.247 e. The highest BCUT2D eigenvalue weighted by atomic mass is 16.2. The van der Waals surface area contributed by atoms with Crippen molar-refractivity contribution in [1.82, 2.24) is 5.32 Å². The van der Waals surface area contributed by atoms with E-state index in [0.717, 1.165) is 17.8 Å². The molecule has 0 bridgehead atoms. The predicted molar refractivity (Wildman–Crippen MR) is 70.2 cm³/mol. The highest BCUT2D eigenvalue weighted by molar-refractivity contribution is 6.01. The lowest BCUT2D eigenvalue weighted by atomic mass is 9.96. The number of hydrogen-bond donors (Lipinski definition) is 1. The molecule has 1 amide bonds. The van der Waals surface area contributed by atoms with Crippen molar-refractivity contribution in [1.29, 1.82) is 0 Å². The van der Waals surface area contributed by atoms with Gasteiger partial charge in [0.15, 0.2) is 0 Å². The van der Waals surface area contributed by atoms with Crippen molar-refractivity contribution in [2.75, 3.05) is 11.4 Å². The number of amides is 1. The van der Waals surface area contributed by atoms with E-state index < -0.39 is 5.54 Å². The Kier molecular flexibility index (Phi) is 2.96. The van der Waals surface area contributed by atoms with Gasteiger partial charge in [-0.2, -0.15) is 0 Å². The van der Waals surface area contributed by atoms with E-state index >= 15 is 0 Å². The van der Waals surface area contributed by atoms with Crippen LogP contribution in [0.2, 0.25) is 0 Å². The average molecular weight is 232 g/mol. The number of hydrogen-bond acceptors (Lipinski definition) is 2. The number of para-hydroxylation sites is 1. The van der Waals surface area contributed by atoms with Gasteiger partial charge in [-0.15, -0.1) is 0 Å². The molecular weight excluding hydrogens is 212 g/mol. The van der Waals surface area contributed by atoms with Gasteiger partial charge < -0.3 is 10.2 Å². The molecule has 1 saturated heterocycles. The van der Waals surface area contributed by atoms with Crippen LogP contribution in [0.1, 0.15) is 26.3 Å². The zero-order chi connectivity index (χ0) is 12.6. The molecule has 0 spiro atoms. The van der Waals surface area contributed by atoms with Gasteiger partial charge in [-0.3, -0.25) is 4.79 Å². The molecule has 3 heteroatoms. The standard InChI is InChI=1S/C14H20N2O/c1-10-7-5-6-8-12(10)16-11(2)9-15-14(3,4)13(16)17/h5-8,11,15H,9H2,1-4H3. The molecule has 1 aromatic rings. The van der Waals surface area contributed by atoms with Crippen molar-refractivity contribution in [2.45, 2.75) is 39.3 Å². The molecule has 0 aromatic heterocycles. The van der Waals surface area contributed by atoms with Crippen LogP contribution in [0.25, 0.3) is 0 Å². The Morgan fingerprint density at radius 1 is 1.35 bits per heavy atom. The van der Waals surface area contributed by atoms with E-state index in [-0.39, 0.29) is 11.9 Å². The Balaban J connectivity index is 2.42. The SMILES string of the molecule is Cc1ccccc1N1C(=O)C(C)(C)NCC1C. The summed E-state index contributed by atoms with van der Waals surface area (Å²) in [6.45, 7) is 8.82. The summed E-state index contributed by atoms with van der Waals surface area (Å²) in [6, 6.07) is 8.24. The van der Waals surface area contributed by atoms with E-state index in [4.69, 9.17) is 0 Å². The molecule has 1 unspecified atom stereocenters. The summed E-state index contributed by atoms with van der Waals surface area (Å²) in [7, 11) is 0. The van der Waals surface area contributed by atoms with Crippen LogP contribution in [0.5, 0.6) is 0 Å². The van der Waals surface area contributed by atoms with Gasteiger partial charge in [-0.05, 0) is 39.3 Å². The first-order valence-electron chi connectivity index (χ1n) is 6.08. The van der Waals surface area contributed by atoms with Gasteiger partial charge in [-0.25, -0.2) is 0 Å². The van der Waals surface area contributed by atoms with E-state index in [1.165, 1.54) is 0 Å². The Labute approximate surface area is 103 Å². The van der Waals surface area contributed by atoms with Crippen LogP contribution in [0.4, 0.5) is 5.69 Å².